The van der Waals surface area contributed by atoms with Crippen molar-refractivity contribution in [3.05, 3.63) is 18.0 Å². The number of nitrogens with two attached hydrogens (primary N) is 1. The number of amides is 2. The number of aromatic nitrogens is 2. The van der Waals surface area contributed by atoms with E-state index in [2.05, 4.69) is 15.7 Å². The van der Waals surface area contributed by atoms with E-state index in [0.717, 1.165) is 31.2 Å². The molecule has 1 aromatic heterocycles. The Morgan fingerprint density at radius 2 is 1.91 bits per heavy atom. The Hall–Kier alpha value is -0.970. The molecule has 0 saturated heterocycles. The van der Waals surface area contributed by atoms with Crippen molar-refractivity contribution < 1.29 is 14.7 Å². The summed E-state index contributed by atoms with van der Waals surface area (Å²) in [5, 5.41) is 20.8. The SMILES string of the molecule is Br.Br.Cc1cnn([C@](C)(N)C(=O)NC(CC2CCCCC2)C(O)CC(=O)NCC(C)C)c1. The Kier molecular flexibility index (Phi) is 13.9. The molecule has 1 fully saturated rings. The zero-order valence-corrected chi connectivity index (χ0v) is 23.1. The van der Waals surface area contributed by atoms with E-state index in [-0.39, 0.29) is 46.3 Å². The molecule has 186 valence electrons. The summed E-state index contributed by atoms with van der Waals surface area (Å²) < 4.78 is 1.43. The third kappa shape index (κ3) is 9.49. The highest BCUT2D eigenvalue weighted by Gasteiger charge is 2.35. The smallest absolute Gasteiger partial charge is 0.262 e. The van der Waals surface area contributed by atoms with Gasteiger partial charge in [-0.3, -0.25) is 15.3 Å². The van der Waals surface area contributed by atoms with Crippen molar-refractivity contribution in [1.29, 1.82) is 0 Å². The zero-order valence-electron chi connectivity index (χ0n) is 19.7. The van der Waals surface area contributed by atoms with E-state index in [0.29, 0.717) is 24.8 Å². The van der Waals surface area contributed by atoms with Gasteiger partial charge in [-0.05, 0) is 37.7 Å². The van der Waals surface area contributed by atoms with Gasteiger partial charge in [-0.15, -0.1) is 34.0 Å². The van der Waals surface area contributed by atoms with Crippen LogP contribution in [-0.4, -0.2) is 45.4 Å². The third-order valence-electron chi connectivity index (χ3n) is 5.84. The number of halogens is 2. The normalized spacial score (nSPS) is 18.0. The fourth-order valence-electron chi connectivity index (χ4n) is 3.90. The highest BCUT2D eigenvalue weighted by atomic mass is 79.9. The number of aliphatic hydroxyl groups excluding tert-OH is 1. The molecular formula is C22H41Br2N5O3. The van der Waals surface area contributed by atoms with Gasteiger partial charge in [0.2, 0.25) is 5.91 Å². The monoisotopic (exact) mass is 581 g/mol. The lowest BCUT2D eigenvalue weighted by atomic mass is 9.83. The van der Waals surface area contributed by atoms with E-state index in [1.54, 1.807) is 19.3 Å². The first-order valence-corrected chi connectivity index (χ1v) is 11.2. The van der Waals surface area contributed by atoms with Crippen LogP contribution < -0.4 is 16.4 Å². The average Bonchev–Trinajstić information content (AvgIpc) is 3.13. The molecule has 10 heteroatoms. The minimum absolute atomic E-state index is 0. The van der Waals surface area contributed by atoms with Crippen molar-refractivity contribution >= 4 is 45.8 Å². The van der Waals surface area contributed by atoms with Gasteiger partial charge in [0, 0.05) is 12.7 Å². The zero-order chi connectivity index (χ0) is 22.3. The van der Waals surface area contributed by atoms with Crippen LogP contribution in [0.1, 0.15) is 71.3 Å². The predicted molar refractivity (Wildman–Crippen MR) is 137 cm³/mol. The lowest BCUT2D eigenvalue weighted by Gasteiger charge is -2.33. The second-order valence-electron chi connectivity index (χ2n) is 9.40. The first-order chi connectivity index (χ1) is 14.1. The van der Waals surface area contributed by atoms with Gasteiger partial charge in [0.05, 0.1) is 24.8 Å². The molecule has 2 amide bonds. The average molecular weight is 583 g/mol. The van der Waals surface area contributed by atoms with E-state index in [1.807, 2.05) is 20.8 Å². The Morgan fingerprint density at radius 3 is 2.44 bits per heavy atom. The molecule has 2 rings (SSSR count). The minimum atomic E-state index is -1.39. The van der Waals surface area contributed by atoms with Crippen LogP contribution in [-0.2, 0) is 15.3 Å². The molecule has 1 saturated carbocycles. The van der Waals surface area contributed by atoms with Gasteiger partial charge >= 0.3 is 0 Å². The molecule has 1 aliphatic rings. The number of nitrogens with zero attached hydrogens (tertiary/aromatic N) is 2. The molecule has 0 aliphatic heterocycles. The highest BCUT2D eigenvalue weighted by molar-refractivity contribution is 8.93. The van der Waals surface area contributed by atoms with E-state index in [9.17, 15) is 14.7 Å². The fourth-order valence-corrected chi connectivity index (χ4v) is 3.90. The number of aliphatic hydroxyl groups is 1. The van der Waals surface area contributed by atoms with Crippen LogP contribution in [0.3, 0.4) is 0 Å². The van der Waals surface area contributed by atoms with Gasteiger partial charge in [0.15, 0.2) is 5.66 Å². The van der Waals surface area contributed by atoms with Gasteiger partial charge in [-0.25, -0.2) is 4.68 Å². The molecule has 1 aliphatic carbocycles. The first-order valence-electron chi connectivity index (χ1n) is 11.2. The molecular weight excluding hydrogens is 542 g/mol. The van der Waals surface area contributed by atoms with Gasteiger partial charge in [-0.1, -0.05) is 46.0 Å². The second kappa shape index (κ2) is 14.3. The van der Waals surface area contributed by atoms with Gasteiger partial charge in [0.25, 0.3) is 5.91 Å². The number of hydrogen-bond donors (Lipinski definition) is 4. The summed E-state index contributed by atoms with van der Waals surface area (Å²) in [7, 11) is 0. The molecule has 3 atom stereocenters. The number of nitrogens with one attached hydrogen (secondary N) is 2. The number of aryl methyl sites for hydroxylation is 1. The van der Waals surface area contributed by atoms with Crippen LogP contribution in [0.5, 0.6) is 0 Å². The van der Waals surface area contributed by atoms with Crippen LogP contribution >= 0.6 is 34.0 Å². The maximum absolute atomic E-state index is 13.0. The van der Waals surface area contributed by atoms with E-state index < -0.39 is 23.7 Å². The summed E-state index contributed by atoms with van der Waals surface area (Å²) in [6.07, 6.45) is 8.69. The molecule has 0 radical (unpaired) electrons. The van der Waals surface area contributed by atoms with Gasteiger partial charge in [0.1, 0.15) is 0 Å². The number of carbonyl (C=O) groups excluding carboxylic acids is 2. The summed E-state index contributed by atoms with van der Waals surface area (Å²) in [6.45, 7) is 8.06. The topological polar surface area (TPSA) is 122 Å². The van der Waals surface area contributed by atoms with Crippen molar-refractivity contribution in [1.82, 2.24) is 20.4 Å². The van der Waals surface area contributed by atoms with E-state index in [1.165, 1.54) is 11.1 Å². The lowest BCUT2D eigenvalue weighted by Crippen LogP contribution is -2.58. The quantitative estimate of drug-likeness (QED) is 0.338. The Labute approximate surface area is 213 Å². The summed E-state index contributed by atoms with van der Waals surface area (Å²) in [5.74, 6) is 0.123. The first kappa shape index (κ1) is 31.0. The molecule has 8 nitrogen and oxygen atoms in total. The number of carbonyl (C=O) groups is 2. The fraction of sp³-hybridized carbons (Fsp3) is 0.773. The largest absolute Gasteiger partial charge is 0.390 e. The summed E-state index contributed by atoms with van der Waals surface area (Å²) >= 11 is 0. The maximum atomic E-state index is 13.0. The minimum Gasteiger partial charge on any atom is -0.390 e. The molecule has 32 heavy (non-hydrogen) atoms. The molecule has 0 spiro atoms. The second-order valence-corrected chi connectivity index (χ2v) is 9.40. The summed E-state index contributed by atoms with van der Waals surface area (Å²) in [4.78, 5) is 25.3. The maximum Gasteiger partial charge on any atom is 0.262 e. The Bertz CT molecular complexity index is 705. The molecule has 0 aromatic carbocycles. The molecule has 0 bridgehead atoms. The van der Waals surface area contributed by atoms with Gasteiger partial charge in [-0.2, -0.15) is 5.10 Å². The standard InChI is InChI=1S/C22H39N5O3.2BrH/c1-15(2)12-24-20(29)11-19(28)18(10-17-8-6-5-7-9-17)26-21(30)22(4,23)27-14-16(3)13-25-27;;/h13-15,17-19,28H,5-12,23H2,1-4H3,(H,24,29)(H,26,30);2*1H/t18?,19?,22-;;/m0../s1. The van der Waals surface area contributed by atoms with Crippen LogP contribution in [0, 0.1) is 18.8 Å². The predicted octanol–water partition coefficient (Wildman–Crippen LogP) is 2.96. The van der Waals surface area contributed by atoms with Crippen LogP contribution in [0.25, 0.3) is 0 Å². The summed E-state index contributed by atoms with van der Waals surface area (Å²) in [6, 6.07) is -0.537. The van der Waals surface area contributed by atoms with E-state index in [4.69, 9.17) is 5.73 Å². The molecule has 1 aromatic rings. The number of rotatable bonds is 10. The highest BCUT2D eigenvalue weighted by Crippen LogP contribution is 2.28. The van der Waals surface area contributed by atoms with Crippen molar-refractivity contribution in [3.63, 3.8) is 0 Å². The molecule has 2 unspecified atom stereocenters. The lowest BCUT2D eigenvalue weighted by molar-refractivity contribution is -0.132. The van der Waals surface area contributed by atoms with Crippen LogP contribution in [0.2, 0.25) is 0 Å². The van der Waals surface area contributed by atoms with E-state index >= 15 is 0 Å². The van der Waals surface area contributed by atoms with Crippen molar-refractivity contribution in [2.45, 2.75) is 90.4 Å². The van der Waals surface area contributed by atoms with Crippen molar-refractivity contribution in [2.24, 2.45) is 17.6 Å². The van der Waals surface area contributed by atoms with Crippen LogP contribution in [0.4, 0.5) is 0 Å². The van der Waals surface area contributed by atoms with Crippen molar-refractivity contribution in [2.75, 3.05) is 6.54 Å². The third-order valence-corrected chi connectivity index (χ3v) is 5.84. The molecule has 5 N–H and O–H groups in total. The van der Waals surface area contributed by atoms with Crippen LogP contribution in [0.15, 0.2) is 12.4 Å². The van der Waals surface area contributed by atoms with Crippen molar-refractivity contribution in [3.8, 4) is 0 Å². The van der Waals surface area contributed by atoms with Gasteiger partial charge < -0.3 is 15.7 Å². The number of hydrogen-bond acceptors (Lipinski definition) is 5. The summed E-state index contributed by atoms with van der Waals surface area (Å²) in [5.41, 5.74) is 5.80. The molecule has 1 heterocycles. The Morgan fingerprint density at radius 1 is 1.28 bits per heavy atom. The Balaban J connectivity index is 0.00000480.